The van der Waals surface area contributed by atoms with Crippen LogP contribution in [0.1, 0.15) is 12.8 Å². The Kier molecular flexibility index (Phi) is 3.09. The Morgan fingerprint density at radius 3 is 2.89 bits per heavy atom. The van der Waals surface area contributed by atoms with Crippen molar-refractivity contribution < 1.29 is 5.11 Å². The number of nitrogen functional groups attached to an aromatic ring is 1. The molecule has 2 heterocycles. The molecule has 1 aliphatic heterocycles. The first-order valence-corrected chi connectivity index (χ1v) is 7.10. The molecule has 3 rings (SSSR count). The number of aliphatic hydroxyl groups excluding tert-OH is 1. The average Bonchev–Trinajstić information content (AvgIpc) is 2.81. The normalized spacial score (nSPS) is 17.5. The van der Waals surface area contributed by atoms with Gasteiger partial charge in [-0.25, -0.2) is 4.98 Å². The number of rotatable bonds is 2. The first kappa shape index (κ1) is 11.7. The highest BCUT2D eigenvalue weighted by Crippen LogP contribution is 2.32. The van der Waals surface area contributed by atoms with Gasteiger partial charge in [-0.05, 0) is 37.0 Å². The van der Waals surface area contributed by atoms with Crippen LogP contribution >= 0.6 is 11.3 Å². The highest BCUT2D eigenvalue weighted by Gasteiger charge is 2.20. The van der Waals surface area contributed by atoms with Crippen molar-refractivity contribution in [3.8, 4) is 0 Å². The molecular formula is C13H17N3OS. The van der Waals surface area contributed by atoms with E-state index >= 15 is 0 Å². The lowest BCUT2D eigenvalue weighted by Crippen LogP contribution is -2.34. The van der Waals surface area contributed by atoms with Crippen LogP contribution in [0.5, 0.6) is 0 Å². The Morgan fingerprint density at radius 1 is 1.39 bits per heavy atom. The van der Waals surface area contributed by atoms with E-state index in [-0.39, 0.29) is 0 Å². The molecule has 1 aliphatic rings. The van der Waals surface area contributed by atoms with Gasteiger partial charge in [-0.1, -0.05) is 11.3 Å². The number of hydrogen-bond acceptors (Lipinski definition) is 5. The Labute approximate surface area is 110 Å². The van der Waals surface area contributed by atoms with Crippen LogP contribution in [-0.4, -0.2) is 29.8 Å². The van der Waals surface area contributed by atoms with Crippen LogP contribution in [0.25, 0.3) is 10.2 Å². The third kappa shape index (κ3) is 2.15. The van der Waals surface area contributed by atoms with E-state index in [1.165, 1.54) is 0 Å². The predicted molar refractivity (Wildman–Crippen MR) is 76.1 cm³/mol. The van der Waals surface area contributed by atoms with Crippen molar-refractivity contribution in [2.45, 2.75) is 12.8 Å². The van der Waals surface area contributed by atoms with Gasteiger partial charge in [0.15, 0.2) is 5.13 Å². The van der Waals surface area contributed by atoms with Gasteiger partial charge in [0.25, 0.3) is 0 Å². The third-order valence-electron chi connectivity index (χ3n) is 3.54. The lowest BCUT2D eigenvalue weighted by atomic mass is 9.98. The molecule has 2 aromatic rings. The third-order valence-corrected chi connectivity index (χ3v) is 4.62. The minimum Gasteiger partial charge on any atom is -0.399 e. The van der Waals surface area contributed by atoms with E-state index in [4.69, 9.17) is 10.8 Å². The van der Waals surface area contributed by atoms with Crippen LogP contribution in [0.15, 0.2) is 18.2 Å². The fourth-order valence-corrected chi connectivity index (χ4v) is 3.44. The molecule has 0 spiro atoms. The van der Waals surface area contributed by atoms with Gasteiger partial charge in [-0.3, -0.25) is 0 Å². The van der Waals surface area contributed by atoms with Gasteiger partial charge in [-0.15, -0.1) is 0 Å². The summed E-state index contributed by atoms with van der Waals surface area (Å²) in [7, 11) is 0. The Balaban J connectivity index is 1.82. The molecule has 0 aliphatic carbocycles. The molecule has 1 saturated heterocycles. The molecule has 4 nitrogen and oxygen atoms in total. The summed E-state index contributed by atoms with van der Waals surface area (Å²) in [6.45, 7) is 2.28. The average molecular weight is 263 g/mol. The SMILES string of the molecule is Nc1ccc2nc(N3CCC(CO)CC3)sc2c1. The highest BCUT2D eigenvalue weighted by atomic mass is 32.1. The van der Waals surface area contributed by atoms with Crippen molar-refractivity contribution in [2.75, 3.05) is 30.3 Å². The number of aromatic nitrogens is 1. The summed E-state index contributed by atoms with van der Waals surface area (Å²) in [5.41, 5.74) is 7.60. The standard InChI is InChI=1S/C13H17N3OS/c14-10-1-2-11-12(7-10)18-13(15-11)16-5-3-9(8-17)4-6-16/h1-2,7,9,17H,3-6,8,14H2. The lowest BCUT2D eigenvalue weighted by Gasteiger charge is -2.30. The second-order valence-electron chi connectivity index (χ2n) is 4.84. The van der Waals surface area contributed by atoms with Crippen molar-refractivity contribution in [1.29, 1.82) is 0 Å². The number of hydrogen-bond donors (Lipinski definition) is 2. The van der Waals surface area contributed by atoms with Crippen LogP contribution in [0.4, 0.5) is 10.8 Å². The molecule has 0 radical (unpaired) electrons. The van der Waals surface area contributed by atoms with E-state index in [1.54, 1.807) is 11.3 Å². The van der Waals surface area contributed by atoms with Gasteiger partial charge in [0, 0.05) is 25.4 Å². The monoisotopic (exact) mass is 263 g/mol. The number of nitrogens with two attached hydrogens (primary N) is 1. The van der Waals surface area contributed by atoms with Crippen molar-refractivity contribution in [3.63, 3.8) is 0 Å². The number of benzene rings is 1. The molecule has 1 aromatic heterocycles. The number of aliphatic hydroxyl groups is 1. The van der Waals surface area contributed by atoms with Crippen molar-refractivity contribution >= 4 is 32.4 Å². The van der Waals surface area contributed by atoms with Crippen molar-refractivity contribution in [1.82, 2.24) is 4.98 Å². The van der Waals surface area contributed by atoms with E-state index in [2.05, 4.69) is 9.88 Å². The van der Waals surface area contributed by atoms with Crippen LogP contribution in [0, 0.1) is 5.92 Å². The molecule has 0 unspecified atom stereocenters. The minimum atomic E-state index is 0.310. The van der Waals surface area contributed by atoms with E-state index < -0.39 is 0 Å². The number of thiazole rings is 1. The van der Waals surface area contributed by atoms with Crippen LogP contribution in [-0.2, 0) is 0 Å². The molecule has 5 heteroatoms. The Hall–Kier alpha value is -1.33. The van der Waals surface area contributed by atoms with Crippen LogP contribution in [0.3, 0.4) is 0 Å². The zero-order valence-corrected chi connectivity index (χ0v) is 11.0. The van der Waals surface area contributed by atoms with Gasteiger partial charge in [0.1, 0.15) is 0 Å². The molecule has 18 heavy (non-hydrogen) atoms. The number of piperidine rings is 1. The molecule has 96 valence electrons. The minimum absolute atomic E-state index is 0.310. The summed E-state index contributed by atoms with van der Waals surface area (Å²) >= 11 is 1.70. The van der Waals surface area contributed by atoms with Gasteiger partial charge < -0.3 is 15.7 Å². The zero-order valence-electron chi connectivity index (χ0n) is 10.2. The fourth-order valence-electron chi connectivity index (χ4n) is 2.37. The number of fused-ring (bicyclic) bond motifs is 1. The second kappa shape index (κ2) is 4.74. The lowest BCUT2D eigenvalue weighted by molar-refractivity contribution is 0.203. The predicted octanol–water partition coefficient (Wildman–Crippen LogP) is 2.09. The molecule has 0 atom stereocenters. The van der Waals surface area contributed by atoms with Gasteiger partial charge in [0.2, 0.25) is 0 Å². The molecule has 0 bridgehead atoms. The van der Waals surface area contributed by atoms with Crippen molar-refractivity contribution in [3.05, 3.63) is 18.2 Å². The summed E-state index contributed by atoms with van der Waals surface area (Å²) in [5.74, 6) is 0.464. The molecule has 0 saturated carbocycles. The topological polar surface area (TPSA) is 62.4 Å². The fraction of sp³-hybridized carbons (Fsp3) is 0.462. The van der Waals surface area contributed by atoms with Crippen LogP contribution < -0.4 is 10.6 Å². The maximum absolute atomic E-state index is 9.15. The molecule has 1 fully saturated rings. The van der Waals surface area contributed by atoms with Gasteiger partial charge in [-0.2, -0.15) is 0 Å². The maximum atomic E-state index is 9.15. The second-order valence-corrected chi connectivity index (χ2v) is 5.85. The highest BCUT2D eigenvalue weighted by molar-refractivity contribution is 7.22. The number of nitrogens with zero attached hydrogens (tertiary/aromatic N) is 2. The van der Waals surface area contributed by atoms with E-state index in [0.29, 0.717) is 12.5 Å². The summed E-state index contributed by atoms with van der Waals surface area (Å²) in [6.07, 6.45) is 2.10. The molecule has 0 amide bonds. The van der Waals surface area contributed by atoms with Gasteiger partial charge in [0.05, 0.1) is 10.2 Å². The first-order valence-electron chi connectivity index (χ1n) is 6.28. The van der Waals surface area contributed by atoms with E-state index in [0.717, 1.165) is 47.0 Å². The quantitative estimate of drug-likeness (QED) is 0.814. The van der Waals surface area contributed by atoms with Gasteiger partial charge >= 0.3 is 0 Å². The van der Waals surface area contributed by atoms with E-state index in [1.807, 2.05) is 18.2 Å². The Morgan fingerprint density at radius 2 is 2.17 bits per heavy atom. The summed E-state index contributed by atoms with van der Waals surface area (Å²) < 4.78 is 1.15. The maximum Gasteiger partial charge on any atom is 0.186 e. The molecule has 3 N–H and O–H groups in total. The van der Waals surface area contributed by atoms with E-state index in [9.17, 15) is 0 Å². The smallest absolute Gasteiger partial charge is 0.186 e. The summed E-state index contributed by atoms with van der Waals surface area (Å²) in [6, 6.07) is 5.85. The summed E-state index contributed by atoms with van der Waals surface area (Å²) in [5, 5.41) is 10.2. The van der Waals surface area contributed by atoms with Crippen LogP contribution in [0.2, 0.25) is 0 Å². The zero-order chi connectivity index (χ0) is 12.5. The first-order chi connectivity index (χ1) is 8.76. The molecular weight excluding hydrogens is 246 g/mol. The Bertz CT molecular complexity index is 546. The summed E-state index contributed by atoms with van der Waals surface area (Å²) in [4.78, 5) is 6.97. The largest absolute Gasteiger partial charge is 0.399 e. The number of anilines is 2. The van der Waals surface area contributed by atoms with Crippen molar-refractivity contribution in [2.24, 2.45) is 5.92 Å². The molecule has 1 aromatic carbocycles.